The van der Waals surface area contributed by atoms with Gasteiger partial charge in [-0.15, -0.1) is 11.3 Å². The second-order valence-corrected chi connectivity index (χ2v) is 6.52. The summed E-state index contributed by atoms with van der Waals surface area (Å²) in [5.74, 6) is -2.69. The van der Waals surface area contributed by atoms with E-state index < -0.39 is 41.6 Å². The summed E-state index contributed by atoms with van der Waals surface area (Å²) < 4.78 is 39.9. The molecule has 1 amide bonds. The third kappa shape index (κ3) is 3.70. The molecule has 0 saturated heterocycles. The molecule has 2 heterocycles. The van der Waals surface area contributed by atoms with E-state index in [1.807, 2.05) is 0 Å². The number of nitrogens with zero attached hydrogens (tertiary/aromatic N) is 1. The Labute approximate surface area is 153 Å². The summed E-state index contributed by atoms with van der Waals surface area (Å²) >= 11 is 0.877. The standard InChI is InChI=1S/C17H11F3N2O4S/c18-17(19,20)10-4-2-1-3-9(10)11-5-8-6-21-13(14(25)15(8)27-11)16(26)22-7-12(23)24/h1-6,25H,7H2,(H,22,26)(H,23,24). The van der Waals surface area contributed by atoms with E-state index in [-0.39, 0.29) is 15.1 Å². The van der Waals surface area contributed by atoms with Gasteiger partial charge in [-0.05, 0) is 12.1 Å². The SMILES string of the molecule is O=C(O)CNC(=O)c1ncc2cc(-c3ccccc3C(F)(F)F)sc2c1O. The molecule has 10 heteroatoms. The van der Waals surface area contributed by atoms with Crippen LogP contribution in [0.3, 0.4) is 0 Å². The zero-order valence-electron chi connectivity index (χ0n) is 13.4. The molecule has 0 aliphatic carbocycles. The Morgan fingerprint density at radius 3 is 2.59 bits per heavy atom. The van der Waals surface area contributed by atoms with E-state index in [0.717, 1.165) is 17.4 Å². The largest absolute Gasteiger partial charge is 0.504 e. The molecule has 0 aliphatic rings. The Morgan fingerprint density at radius 1 is 1.22 bits per heavy atom. The van der Waals surface area contributed by atoms with Crippen molar-refractivity contribution >= 4 is 33.3 Å². The van der Waals surface area contributed by atoms with E-state index >= 15 is 0 Å². The van der Waals surface area contributed by atoms with Crippen LogP contribution in [0.4, 0.5) is 13.2 Å². The van der Waals surface area contributed by atoms with Crippen molar-refractivity contribution in [1.82, 2.24) is 10.3 Å². The molecule has 6 nitrogen and oxygen atoms in total. The number of fused-ring (bicyclic) bond motifs is 1. The van der Waals surface area contributed by atoms with Gasteiger partial charge < -0.3 is 15.5 Å². The number of hydrogen-bond acceptors (Lipinski definition) is 5. The lowest BCUT2D eigenvalue weighted by Crippen LogP contribution is -2.29. The molecule has 0 unspecified atom stereocenters. The maximum Gasteiger partial charge on any atom is 0.417 e. The van der Waals surface area contributed by atoms with Gasteiger partial charge in [-0.2, -0.15) is 13.2 Å². The predicted molar refractivity (Wildman–Crippen MR) is 91.7 cm³/mol. The van der Waals surface area contributed by atoms with Gasteiger partial charge in [0.05, 0.1) is 10.3 Å². The number of alkyl halides is 3. The molecule has 3 rings (SSSR count). The summed E-state index contributed by atoms with van der Waals surface area (Å²) in [7, 11) is 0. The number of carbonyl (C=O) groups is 2. The summed E-state index contributed by atoms with van der Waals surface area (Å²) in [5.41, 5.74) is -1.27. The first-order valence-corrected chi connectivity index (χ1v) is 8.28. The van der Waals surface area contributed by atoms with Gasteiger partial charge in [-0.3, -0.25) is 9.59 Å². The third-order valence-electron chi connectivity index (χ3n) is 3.65. The van der Waals surface area contributed by atoms with Crippen LogP contribution in [0.15, 0.2) is 36.5 Å². The van der Waals surface area contributed by atoms with Gasteiger partial charge >= 0.3 is 12.1 Å². The lowest BCUT2D eigenvalue weighted by atomic mass is 10.1. The van der Waals surface area contributed by atoms with Crippen LogP contribution in [0.25, 0.3) is 20.5 Å². The molecule has 0 fully saturated rings. The van der Waals surface area contributed by atoms with Crippen molar-refractivity contribution in [3.8, 4) is 16.2 Å². The number of thiophene rings is 1. The van der Waals surface area contributed by atoms with Gasteiger partial charge in [0, 0.05) is 22.0 Å². The smallest absolute Gasteiger partial charge is 0.417 e. The molecule has 2 aromatic heterocycles. The number of carbonyl (C=O) groups excluding carboxylic acids is 1. The molecule has 0 aliphatic heterocycles. The van der Waals surface area contributed by atoms with Gasteiger partial charge in [-0.25, -0.2) is 4.98 Å². The molecule has 3 N–H and O–H groups in total. The van der Waals surface area contributed by atoms with E-state index in [9.17, 15) is 27.9 Å². The maximum atomic E-state index is 13.2. The molecule has 3 aromatic rings. The third-order valence-corrected chi connectivity index (χ3v) is 4.84. The van der Waals surface area contributed by atoms with Crippen molar-refractivity contribution in [3.63, 3.8) is 0 Å². The van der Waals surface area contributed by atoms with Crippen molar-refractivity contribution in [2.45, 2.75) is 6.18 Å². The quantitative estimate of drug-likeness (QED) is 0.627. The number of aromatic hydroxyl groups is 1. The second kappa shape index (κ2) is 6.88. The Kier molecular flexibility index (Phi) is 4.75. The van der Waals surface area contributed by atoms with Gasteiger partial charge in [0.25, 0.3) is 5.91 Å². The number of amides is 1. The Morgan fingerprint density at radius 2 is 1.93 bits per heavy atom. The molecule has 0 saturated carbocycles. The number of pyridine rings is 1. The zero-order chi connectivity index (χ0) is 19.8. The van der Waals surface area contributed by atoms with Crippen LogP contribution < -0.4 is 5.32 Å². The molecule has 27 heavy (non-hydrogen) atoms. The number of aliphatic carboxylic acids is 1. The molecule has 0 spiro atoms. The number of aromatic nitrogens is 1. The van der Waals surface area contributed by atoms with Crippen LogP contribution in [0.1, 0.15) is 16.1 Å². The molecule has 0 atom stereocenters. The minimum Gasteiger partial charge on any atom is -0.504 e. The maximum absolute atomic E-state index is 13.2. The number of hydrogen-bond donors (Lipinski definition) is 3. The van der Waals surface area contributed by atoms with E-state index in [0.29, 0.717) is 5.39 Å². The first-order valence-electron chi connectivity index (χ1n) is 7.46. The number of nitrogens with one attached hydrogen (secondary N) is 1. The Hall–Kier alpha value is -3.14. The predicted octanol–water partition coefficient (Wildman–Crippen LogP) is 3.50. The average molecular weight is 396 g/mol. The van der Waals surface area contributed by atoms with Gasteiger partial charge in [0.15, 0.2) is 11.4 Å². The second-order valence-electron chi connectivity index (χ2n) is 5.47. The number of rotatable bonds is 4. The van der Waals surface area contributed by atoms with Crippen molar-refractivity contribution in [1.29, 1.82) is 0 Å². The van der Waals surface area contributed by atoms with Crippen molar-refractivity contribution in [2.75, 3.05) is 6.54 Å². The fourth-order valence-electron chi connectivity index (χ4n) is 2.47. The fraction of sp³-hybridized carbons (Fsp3) is 0.118. The van der Waals surface area contributed by atoms with Gasteiger partial charge in [0.2, 0.25) is 0 Å². The monoisotopic (exact) mass is 396 g/mol. The highest BCUT2D eigenvalue weighted by molar-refractivity contribution is 7.22. The summed E-state index contributed by atoms with van der Waals surface area (Å²) in [6.07, 6.45) is -3.31. The Balaban J connectivity index is 2.06. The van der Waals surface area contributed by atoms with Crippen LogP contribution in [-0.4, -0.2) is 33.6 Å². The zero-order valence-corrected chi connectivity index (χ0v) is 14.2. The molecule has 0 bridgehead atoms. The van der Waals surface area contributed by atoms with E-state index in [1.165, 1.54) is 30.5 Å². The fourth-order valence-corrected chi connectivity index (χ4v) is 3.59. The highest BCUT2D eigenvalue weighted by atomic mass is 32.1. The topological polar surface area (TPSA) is 99.5 Å². The van der Waals surface area contributed by atoms with Gasteiger partial charge in [0.1, 0.15) is 6.54 Å². The molecular weight excluding hydrogens is 385 g/mol. The lowest BCUT2D eigenvalue weighted by molar-refractivity contribution is -0.137. The normalized spacial score (nSPS) is 11.5. The highest BCUT2D eigenvalue weighted by Gasteiger charge is 2.33. The number of halogens is 3. The molecule has 0 radical (unpaired) electrons. The van der Waals surface area contributed by atoms with Crippen LogP contribution in [-0.2, 0) is 11.0 Å². The van der Waals surface area contributed by atoms with Crippen LogP contribution in [0, 0.1) is 0 Å². The molecule has 1 aromatic carbocycles. The van der Waals surface area contributed by atoms with Crippen molar-refractivity contribution < 1.29 is 33.0 Å². The minimum atomic E-state index is -4.55. The number of carboxylic acid groups (broad SMARTS) is 1. The van der Waals surface area contributed by atoms with E-state index in [4.69, 9.17) is 5.11 Å². The lowest BCUT2D eigenvalue weighted by Gasteiger charge is -2.10. The summed E-state index contributed by atoms with van der Waals surface area (Å²) in [4.78, 5) is 26.5. The van der Waals surface area contributed by atoms with Crippen molar-refractivity contribution in [3.05, 3.63) is 47.8 Å². The van der Waals surface area contributed by atoms with Crippen LogP contribution in [0.5, 0.6) is 5.75 Å². The Bertz CT molecular complexity index is 1050. The van der Waals surface area contributed by atoms with E-state index in [1.54, 1.807) is 0 Å². The van der Waals surface area contributed by atoms with Crippen molar-refractivity contribution in [2.24, 2.45) is 0 Å². The molecular formula is C17H11F3N2O4S. The van der Waals surface area contributed by atoms with Crippen LogP contribution >= 0.6 is 11.3 Å². The minimum absolute atomic E-state index is 0.0533. The number of benzene rings is 1. The first-order chi connectivity index (χ1) is 12.7. The van der Waals surface area contributed by atoms with Crippen LogP contribution in [0.2, 0.25) is 0 Å². The van der Waals surface area contributed by atoms with E-state index in [2.05, 4.69) is 10.3 Å². The molecule has 140 valence electrons. The first kappa shape index (κ1) is 18.6. The summed E-state index contributed by atoms with van der Waals surface area (Å²) in [6, 6.07) is 6.47. The summed E-state index contributed by atoms with van der Waals surface area (Å²) in [6.45, 7) is -0.660. The highest BCUT2D eigenvalue weighted by Crippen LogP contribution is 2.43. The summed E-state index contributed by atoms with van der Waals surface area (Å²) in [5, 5.41) is 21.3. The number of carboxylic acids is 1. The average Bonchev–Trinajstić information content (AvgIpc) is 3.04. The van der Waals surface area contributed by atoms with Gasteiger partial charge in [-0.1, -0.05) is 18.2 Å².